The quantitative estimate of drug-likeness (QED) is 0.852. The molecule has 0 saturated carbocycles. The molecule has 1 heterocycles. The monoisotopic (exact) mass is 343 g/mol. The highest BCUT2D eigenvalue weighted by molar-refractivity contribution is 9.10. The molecule has 0 aliphatic heterocycles. The molecule has 0 amide bonds. The normalized spacial score (nSPS) is 14.3. The van der Waals surface area contributed by atoms with E-state index in [1.807, 2.05) is 19.1 Å². The lowest BCUT2D eigenvalue weighted by Gasteiger charge is -2.13. The summed E-state index contributed by atoms with van der Waals surface area (Å²) in [6, 6.07) is 5.48. The van der Waals surface area contributed by atoms with Crippen molar-refractivity contribution in [2.75, 3.05) is 17.7 Å². The summed E-state index contributed by atoms with van der Waals surface area (Å²) >= 11 is 3.44. The Labute approximate surface area is 122 Å². The minimum Gasteiger partial charge on any atom is -0.398 e. The Bertz CT molecular complexity index is 615. The zero-order valence-corrected chi connectivity index (χ0v) is 13.0. The second-order valence-electron chi connectivity index (χ2n) is 4.24. The highest BCUT2D eigenvalue weighted by Gasteiger charge is 2.18. The minimum absolute atomic E-state index is 0.0517. The molecule has 2 rings (SSSR count). The fourth-order valence-electron chi connectivity index (χ4n) is 1.80. The number of rotatable bonds is 4. The van der Waals surface area contributed by atoms with E-state index in [4.69, 9.17) is 5.73 Å². The molecule has 0 spiro atoms. The maximum atomic E-state index is 11.3. The minimum atomic E-state index is -0.907. The number of nitrogen functional groups attached to an aromatic ring is 1. The molecule has 1 aromatic carbocycles. The average Bonchev–Trinajstić information content (AvgIpc) is 2.80. The predicted octanol–water partition coefficient (Wildman–Crippen LogP) is 1.62. The Balaban J connectivity index is 2.44. The summed E-state index contributed by atoms with van der Waals surface area (Å²) in [7, 11) is -0.907. The van der Waals surface area contributed by atoms with Crippen molar-refractivity contribution in [3.05, 3.63) is 22.7 Å². The fourth-order valence-corrected chi connectivity index (χ4v) is 3.06. The average molecular weight is 344 g/mol. The zero-order chi connectivity index (χ0) is 14.0. The van der Waals surface area contributed by atoms with Crippen LogP contribution < -0.4 is 5.73 Å². The van der Waals surface area contributed by atoms with E-state index < -0.39 is 10.8 Å². The van der Waals surface area contributed by atoms with Crippen molar-refractivity contribution >= 4 is 32.4 Å². The number of nitrogens with zero attached hydrogens (tertiary/aromatic N) is 4. The molecule has 102 valence electrons. The van der Waals surface area contributed by atoms with Gasteiger partial charge in [-0.15, -0.1) is 5.10 Å². The van der Waals surface area contributed by atoms with Crippen LogP contribution in [-0.4, -0.2) is 36.4 Å². The maximum Gasteiger partial charge on any atom is 0.183 e. The lowest BCUT2D eigenvalue weighted by Crippen LogP contribution is -2.15. The van der Waals surface area contributed by atoms with Gasteiger partial charge in [-0.05, 0) is 45.4 Å². The SMILES string of the molecule is CC(CS(C)=O)n1nnnc1-c1cccc(N)c1Br. The van der Waals surface area contributed by atoms with Crippen LogP contribution in [0.1, 0.15) is 13.0 Å². The molecule has 2 atom stereocenters. The summed E-state index contributed by atoms with van der Waals surface area (Å²) in [6.45, 7) is 1.93. The lowest BCUT2D eigenvalue weighted by atomic mass is 10.2. The molecule has 0 saturated heterocycles. The molecule has 2 aromatic rings. The van der Waals surface area contributed by atoms with E-state index in [0.717, 1.165) is 10.0 Å². The van der Waals surface area contributed by atoms with E-state index >= 15 is 0 Å². The topological polar surface area (TPSA) is 86.7 Å². The van der Waals surface area contributed by atoms with Gasteiger partial charge >= 0.3 is 0 Å². The van der Waals surface area contributed by atoms with E-state index in [9.17, 15) is 4.21 Å². The Morgan fingerprint density at radius 1 is 1.53 bits per heavy atom. The van der Waals surface area contributed by atoms with E-state index in [2.05, 4.69) is 31.5 Å². The molecule has 19 heavy (non-hydrogen) atoms. The first-order valence-corrected chi connectivity index (χ1v) is 8.15. The van der Waals surface area contributed by atoms with E-state index in [1.54, 1.807) is 17.0 Å². The lowest BCUT2D eigenvalue weighted by molar-refractivity contribution is 0.521. The Morgan fingerprint density at radius 3 is 2.95 bits per heavy atom. The molecule has 8 heteroatoms. The fraction of sp³-hybridized carbons (Fsp3) is 0.364. The van der Waals surface area contributed by atoms with Gasteiger partial charge in [-0.25, -0.2) is 4.68 Å². The molecular weight excluding hydrogens is 330 g/mol. The summed E-state index contributed by atoms with van der Waals surface area (Å²) in [5.74, 6) is 1.11. The Hall–Kier alpha value is -1.28. The van der Waals surface area contributed by atoms with Gasteiger partial charge in [0.25, 0.3) is 0 Å². The third-order valence-corrected chi connectivity index (χ3v) is 4.49. The summed E-state index contributed by atoms with van der Waals surface area (Å²) < 4.78 is 13.7. The molecule has 2 unspecified atom stereocenters. The predicted molar refractivity (Wildman–Crippen MR) is 79.0 cm³/mol. The standard InChI is InChI=1S/C11H14BrN5OS/c1-7(6-19(2)18)17-11(14-15-16-17)8-4-3-5-9(13)10(8)12/h3-5,7H,6,13H2,1-2H3. The molecule has 1 aromatic heterocycles. The van der Waals surface area contributed by atoms with Gasteiger partial charge in [0.2, 0.25) is 0 Å². The van der Waals surface area contributed by atoms with Gasteiger partial charge in [-0.3, -0.25) is 4.21 Å². The van der Waals surface area contributed by atoms with Crippen molar-refractivity contribution < 1.29 is 4.21 Å². The summed E-state index contributed by atoms with van der Waals surface area (Å²) in [6.07, 6.45) is 1.66. The number of hydrogen-bond acceptors (Lipinski definition) is 5. The largest absolute Gasteiger partial charge is 0.398 e. The van der Waals surface area contributed by atoms with Crippen molar-refractivity contribution in [3.63, 3.8) is 0 Å². The van der Waals surface area contributed by atoms with Crippen LogP contribution in [0.25, 0.3) is 11.4 Å². The molecule has 0 bridgehead atoms. The smallest absolute Gasteiger partial charge is 0.183 e. The van der Waals surface area contributed by atoms with Crippen molar-refractivity contribution in [1.29, 1.82) is 0 Å². The molecular formula is C11H14BrN5OS. The first kappa shape index (κ1) is 14.1. The second-order valence-corrected chi connectivity index (χ2v) is 6.52. The highest BCUT2D eigenvalue weighted by atomic mass is 79.9. The van der Waals surface area contributed by atoms with E-state index in [1.165, 1.54) is 0 Å². The van der Waals surface area contributed by atoms with Gasteiger partial charge in [0.15, 0.2) is 5.82 Å². The van der Waals surface area contributed by atoms with Gasteiger partial charge in [0.05, 0.1) is 10.5 Å². The molecule has 0 fully saturated rings. The van der Waals surface area contributed by atoms with Crippen LogP contribution in [0, 0.1) is 0 Å². The highest BCUT2D eigenvalue weighted by Crippen LogP contribution is 2.31. The van der Waals surface area contributed by atoms with Crippen LogP contribution in [0.5, 0.6) is 0 Å². The van der Waals surface area contributed by atoms with Crippen LogP contribution >= 0.6 is 15.9 Å². The van der Waals surface area contributed by atoms with E-state index in [-0.39, 0.29) is 6.04 Å². The molecule has 0 radical (unpaired) electrons. The number of hydrogen-bond donors (Lipinski definition) is 1. The number of halogens is 1. The van der Waals surface area contributed by atoms with Gasteiger partial charge in [0.1, 0.15) is 0 Å². The Kier molecular flexibility index (Phi) is 4.31. The van der Waals surface area contributed by atoms with Crippen molar-refractivity contribution in [2.45, 2.75) is 13.0 Å². The number of aromatic nitrogens is 4. The summed E-state index contributed by atoms with van der Waals surface area (Å²) in [5.41, 5.74) is 7.30. The third kappa shape index (κ3) is 3.01. The van der Waals surface area contributed by atoms with Crippen LogP contribution in [0.15, 0.2) is 22.7 Å². The van der Waals surface area contributed by atoms with Crippen LogP contribution in [-0.2, 0) is 10.8 Å². The summed E-state index contributed by atoms with van der Waals surface area (Å²) in [5, 5.41) is 11.7. The molecule has 0 aliphatic carbocycles. The first-order valence-electron chi connectivity index (χ1n) is 5.63. The van der Waals surface area contributed by atoms with E-state index in [0.29, 0.717) is 17.3 Å². The van der Waals surface area contributed by atoms with Gasteiger partial charge in [-0.1, -0.05) is 6.07 Å². The second kappa shape index (κ2) is 5.79. The third-order valence-electron chi connectivity index (χ3n) is 2.66. The van der Waals surface area contributed by atoms with Gasteiger partial charge in [-0.2, -0.15) is 0 Å². The Morgan fingerprint density at radius 2 is 2.26 bits per heavy atom. The number of anilines is 1. The van der Waals surface area contributed by atoms with Gasteiger partial charge < -0.3 is 5.73 Å². The van der Waals surface area contributed by atoms with Crippen molar-refractivity contribution in [2.24, 2.45) is 0 Å². The summed E-state index contributed by atoms with van der Waals surface area (Å²) in [4.78, 5) is 0. The van der Waals surface area contributed by atoms with Crippen LogP contribution in [0.4, 0.5) is 5.69 Å². The molecule has 6 nitrogen and oxygen atoms in total. The van der Waals surface area contributed by atoms with Crippen molar-refractivity contribution in [3.8, 4) is 11.4 Å². The zero-order valence-electron chi connectivity index (χ0n) is 10.6. The number of benzene rings is 1. The van der Waals surface area contributed by atoms with Crippen LogP contribution in [0.2, 0.25) is 0 Å². The van der Waals surface area contributed by atoms with Crippen LogP contribution in [0.3, 0.4) is 0 Å². The van der Waals surface area contributed by atoms with Gasteiger partial charge in [0, 0.05) is 34.1 Å². The molecule has 0 aliphatic rings. The van der Waals surface area contributed by atoms with Crippen molar-refractivity contribution in [1.82, 2.24) is 20.2 Å². The maximum absolute atomic E-state index is 11.3. The number of tetrazole rings is 1. The number of nitrogens with two attached hydrogens (primary N) is 1. The first-order chi connectivity index (χ1) is 9.00. The molecule has 2 N–H and O–H groups in total.